The average Bonchev–Trinajstić information content (AvgIpc) is 2.69. The van der Waals surface area contributed by atoms with Crippen LogP contribution in [0.4, 0.5) is 5.82 Å². The van der Waals surface area contributed by atoms with Crippen LogP contribution in [0.2, 0.25) is 1.41 Å². The number of nitrogens with zero attached hydrogens (tertiary/aromatic N) is 1. The fraction of sp³-hybridized carbons (Fsp3) is 0.412. The Kier molecular flexibility index (Phi) is 5.90. The van der Waals surface area contributed by atoms with Crippen molar-refractivity contribution in [2.45, 2.75) is 44.4 Å². The molecule has 3 atom stereocenters. The number of fused-ring (bicyclic) bond motifs is 1. The molecule has 0 saturated carbocycles. The first kappa shape index (κ1) is 20.0. The second-order valence-corrected chi connectivity index (χ2v) is 6.38. The molecule has 1 unspecified atom stereocenters. The fourth-order valence-electron chi connectivity index (χ4n) is 2.38. The third-order valence-electron chi connectivity index (χ3n) is 4.11. The maximum Gasteiger partial charge on any atom is 0.326 e. The normalized spacial score (nSPS) is 20.1. The molecule has 1 aromatic heterocycles. The van der Waals surface area contributed by atoms with Gasteiger partial charge in [0.1, 0.15) is 12.1 Å². The molecule has 1 aromatic rings. The van der Waals surface area contributed by atoms with Gasteiger partial charge in [-0.15, -0.1) is 0 Å². The van der Waals surface area contributed by atoms with Gasteiger partial charge < -0.3 is 30.9 Å². The predicted octanol–water partition coefficient (Wildman–Crippen LogP) is -0.890. The summed E-state index contributed by atoms with van der Waals surface area (Å²) in [5.41, 5.74) is -2.16. The van der Waals surface area contributed by atoms with Crippen LogP contribution in [0.1, 0.15) is 26.7 Å². The van der Waals surface area contributed by atoms with Crippen LogP contribution in [0.15, 0.2) is 18.3 Å². The van der Waals surface area contributed by atoms with Crippen LogP contribution in [-0.2, 0) is 24.0 Å². The highest BCUT2D eigenvalue weighted by Crippen LogP contribution is 2.31. The molecule has 3 amide bonds. The third kappa shape index (κ3) is 4.97. The number of ether oxygens (including phenoxy) is 1. The van der Waals surface area contributed by atoms with Crippen molar-refractivity contribution in [1.29, 1.82) is 0 Å². The lowest BCUT2D eigenvalue weighted by atomic mass is 10.0. The minimum atomic E-state index is -2.16. The third-order valence-corrected chi connectivity index (χ3v) is 4.11. The second-order valence-electron chi connectivity index (χ2n) is 6.38. The van der Waals surface area contributed by atoms with Gasteiger partial charge in [0.15, 0.2) is 13.0 Å². The van der Waals surface area contributed by atoms with Gasteiger partial charge in [0, 0.05) is 12.6 Å². The number of carboxylic acid groups (broad SMARTS) is 2. The molecule has 2 heterocycles. The molecular weight excluding hydrogens is 388 g/mol. The highest BCUT2D eigenvalue weighted by molar-refractivity contribution is 6.15. The van der Waals surface area contributed by atoms with E-state index in [9.17, 15) is 24.0 Å². The second kappa shape index (κ2) is 8.54. The van der Waals surface area contributed by atoms with Gasteiger partial charge in [-0.3, -0.25) is 19.2 Å². The number of aliphatic carboxylic acids is 2. The van der Waals surface area contributed by atoms with Gasteiger partial charge in [0.25, 0.3) is 17.4 Å². The quantitative estimate of drug-likeness (QED) is 0.340. The molecule has 0 aliphatic carbocycles. The molecule has 0 spiro atoms. The summed E-state index contributed by atoms with van der Waals surface area (Å²) in [4.78, 5) is 63.2. The van der Waals surface area contributed by atoms with Crippen LogP contribution in [0.3, 0.4) is 0 Å². The van der Waals surface area contributed by atoms with Crippen LogP contribution in [0.5, 0.6) is 5.75 Å². The summed E-state index contributed by atoms with van der Waals surface area (Å²) in [7, 11) is 0. The van der Waals surface area contributed by atoms with E-state index in [0.29, 0.717) is 0 Å². The first-order chi connectivity index (χ1) is 14.0. The summed E-state index contributed by atoms with van der Waals surface area (Å²) < 4.78 is 13.4. The molecule has 0 saturated heterocycles. The SMILES string of the molecule is [2H]N(C(=O)C1(C)Oc2cccnc2NC1=O)[C@@H](C)C(=O)N[C@@H](CCC(=O)O)C(=O)O. The van der Waals surface area contributed by atoms with Crippen molar-refractivity contribution in [1.82, 2.24) is 15.6 Å². The first-order valence-electron chi connectivity index (χ1n) is 8.95. The van der Waals surface area contributed by atoms with E-state index in [4.69, 9.17) is 16.4 Å². The number of aromatic nitrogens is 1. The zero-order valence-electron chi connectivity index (χ0n) is 16.5. The van der Waals surface area contributed by atoms with Gasteiger partial charge in [-0.05, 0) is 32.4 Å². The molecular formula is C17H20N4O8. The van der Waals surface area contributed by atoms with E-state index in [1.807, 2.05) is 0 Å². The topological polar surface area (TPSA) is 184 Å². The number of carbonyl (C=O) groups is 5. The summed E-state index contributed by atoms with van der Waals surface area (Å²) in [6, 6.07) is -0.0636. The van der Waals surface area contributed by atoms with Crippen molar-refractivity contribution < 1.29 is 40.3 Å². The Bertz CT molecular complexity index is 894. The number of hydrogen-bond acceptors (Lipinski definition) is 7. The molecule has 0 radical (unpaired) electrons. The molecule has 0 aromatic carbocycles. The number of pyridine rings is 1. The Balaban J connectivity index is 2.12. The summed E-state index contributed by atoms with van der Waals surface area (Å²) in [6.45, 7) is 2.27. The van der Waals surface area contributed by atoms with E-state index >= 15 is 0 Å². The monoisotopic (exact) mass is 409 g/mol. The highest BCUT2D eigenvalue weighted by Gasteiger charge is 2.48. The van der Waals surface area contributed by atoms with E-state index in [-0.39, 0.29) is 23.3 Å². The number of anilines is 1. The van der Waals surface area contributed by atoms with Gasteiger partial charge in [0.2, 0.25) is 5.91 Å². The van der Waals surface area contributed by atoms with Gasteiger partial charge >= 0.3 is 11.9 Å². The molecule has 29 heavy (non-hydrogen) atoms. The molecule has 12 nitrogen and oxygen atoms in total. The van der Waals surface area contributed by atoms with Crippen LogP contribution >= 0.6 is 0 Å². The zero-order valence-corrected chi connectivity index (χ0v) is 15.5. The summed E-state index contributed by atoms with van der Waals surface area (Å²) in [5, 5.41) is 22.5. The Morgan fingerprint density at radius 3 is 2.69 bits per heavy atom. The van der Waals surface area contributed by atoms with Crippen LogP contribution in [0, 0.1) is 0 Å². The highest BCUT2D eigenvalue weighted by atomic mass is 16.5. The lowest BCUT2D eigenvalue weighted by Crippen LogP contribution is -2.62. The van der Waals surface area contributed by atoms with Gasteiger partial charge in [-0.1, -0.05) is 0 Å². The van der Waals surface area contributed by atoms with Crippen molar-refractivity contribution in [2.75, 3.05) is 5.32 Å². The molecule has 5 N–H and O–H groups in total. The first-order valence-corrected chi connectivity index (χ1v) is 8.50. The molecule has 0 fully saturated rings. The van der Waals surface area contributed by atoms with Crippen LogP contribution < -0.4 is 20.7 Å². The maximum absolute atomic E-state index is 12.8. The van der Waals surface area contributed by atoms with Gasteiger partial charge in [0.05, 0.1) is 0 Å². The summed E-state index contributed by atoms with van der Waals surface area (Å²) in [5.74, 6) is -5.60. The summed E-state index contributed by atoms with van der Waals surface area (Å²) in [6.07, 6.45) is 0.510. The number of carboxylic acids is 2. The largest absolute Gasteiger partial charge is 0.481 e. The minimum absolute atomic E-state index is 0.0952. The van der Waals surface area contributed by atoms with Crippen molar-refractivity contribution in [2.24, 2.45) is 0 Å². The Morgan fingerprint density at radius 2 is 2.07 bits per heavy atom. The van der Waals surface area contributed by atoms with Gasteiger partial charge in [-0.25, -0.2) is 9.78 Å². The van der Waals surface area contributed by atoms with E-state index in [0.717, 1.165) is 13.8 Å². The number of nitrogens with one attached hydrogen (secondary N) is 3. The lowest BCUT2D eigenvalue weighted by Gasteiger charge is -2.33. The van der Waals surface area contributed by atoms with Crippen molar-refractivity contribution in [3.05, 3.63) is 18.3 Å². The standard InChI is InChI=1S/C17H20N4O8/c1-8(13(24)20-9(14(25)26)5-6-11(22)23)19-15(27)17(2)16(28)21-12-10(29-17)4-3-7-18-12/h3-4,7-9H,5-6H2,1-2H3,(H,19,27)(H,20,24)(H,22,23)(H,25,26)(H,18,21,28)/t8-,9-,17?/m0/s1/i/hD. The minimum Gasteiger partial charge on any atom is -0.481 e. The number of amides is 3. The van der Waals surface area contributed by atoms with Crippen LogP contribution in [0.25, 0.3) is 0 Å². The van der Waals surface area contributed by atoms with E-state index in [2.05, 4.69) is 15.6 Å². The number of rotatable bonds is 8. The number of hydrogen-bond donors (Lipinski definition) is 5. The number of carbonyl (C=O) groups excluding carboxylic acids is 3. The molecule has 1 aliphatic rings. The van der Waals surface area contributed by atoms with Crippen LogP contribution in [-0.4, -0.2) is 62.5 Å². The Hall–Kier alpha value is -3.70. The van der Waals surface area contributed by atoms with E-state index in [1.165, 1.54) is 18.3 Å². The molecule has 0 bridgehead atoms. The van der Waals surface area contributed by atoms with Crippen molar-refractivity contribution in [3.63, 3.8) is 0 Å². The molecule has 2 rings (SSSR count). The lowest BCUT2D eigenvalue weighted by molar-refractivity contribution is -0.148. The molecule has 156 valence electrons. The van der Waals surface area contributed by atoms with Crippen molar-refractivity contribution in [3.8, 4) is 5.75 Å². The smallest absolute Gasteiger partial charge is 0.326 e. The van der Waals surface area contributed by atoms with Crippen molar-refractivity contribution >= 4 is 35.5 Å². The summed E-state index contributed by atoms with van der Waals surface area (Å²) >= 11 is 0. The fourth-order valence-corrected chi connectivity index (χ4v) is 2.38. The maximum atomic E-state index is 12.8. The van der Waals surface area contributed by atoms with Gasteiger partial charge in [-0.2, -0.15) is 0 Å². The Labute approximate surface area is 166 Å². The zero-order chi connectivity index (χ0) is 22.6. The van der Waals surface area contributed by atoms with E-state index < -0.39 is 53.8 Å². The molecule has 1 aliphatic heterocycles. The molecule has 12 heteroatoms. The Morgan fingerprint density at radius 1 is 1.38 bits per heavy atom. The van der Waals surface area contributed by atoms with E-state index in [1.54, 1.807) is 0 Å². The average molecular weight is 409 g/mol. The predicted molar refractivity (Wildman–Crippen MR) is 95.9 cm³/mol.